The van der Waals surface area contributed by atoms with Crippen LogP contribution in [0.1, 0.15) is 84.1 Å². The van der Waals surface area contributed by atoms with Crippen molar-refractivity contribution in [3.8, 4) is 0 Å². The Kier molecular flexibility index (Phi) is 5.74. The standard InChI is InChI=1S/C24H31N3O2/c1-3-20(18-9-5-4-6-10-18)26-23(28)19-15-22(27-14-8-7-11-21(19)27)24(29)25-16(2)17-12-13-17/h4-6,9-10,15-17,20H,3,7-8,11-14H2,1-2H3,(H,25,29)(H,26,28)/t16-,20-/m1/s1. The zero-order valence-corrected chi connectivity index (χ0v) is 17.4. The average molecular weight is 394 g/mol. The molecule has 0 unspecified atom stereocenters. The lowest BCUT2D eigenvalue weighted by Gasteiger charge is -2.21. The first kappa shape index (κ1) is 19.7. The second-order valence-electron chi connectivity index (χ2n) is 8.44. The molecule has 1 saturated carbocycles. The van der Waals surface area contributed by atoms with E-state index in [2.05, 4.69) is 29.0 Å². The van der Waals surface area contributed by atoms with Crippen LogP contribution >= 0.6 is 0 Å². The number of hydrogen-bond acceptors (Lipinski definition) is 2. The summed E-state index contributed by atoms with van der Waals surface area (Å²) in [6.45, 7) is 4.96. The molecular weight excluding hydrogens is 362 g/mol. The molecule has 1 aliphatic heterocycles. The van der Waals surface area contributed by atoms with E-state index in [-0.39, 0.29) is 23.9 Å². The molecule has 2 heterocycles. The highest BCUT2D eigenvalue weighted by Gasteiger charge is 2.31. The Morgan fingerprint density at radius 3 is 2.55 bits per heavy atom. The van der Waals surface area contributed by atoms with Gasteiger partial charge < -0.3 is 15.2 Å². The lowest BCUT2D eigenvalue weighted by molar-refractivity contribution is 0.0922. The first-order valence-electron chi connectivity index (χ1n) is 11.0. The third kappa shape index (κ3) is 4.24. The lowest BCUT2D eigenvalue weighted by atomic mass is 10.0. The van der Waals surface area contributed by atoms with Crippen molar-refractivity contribution in [3.05, 3.63) is 58.9 Å². The van der Waals surface area contributed by atoms with Crippen molar-refractivity contribution >= 4 is 11.8 Å². The monoisotopic (exact) mass is 393 g/mol. The molecule has 4 rings (SSSR count). The van der Waals surface area contributed by atoms with Gasteiger partial charge in [0.1, 0.15) is 5.69 Å². The van der Waals surface area contributed by atoms with Gasteiger partial charge >= 0.3 is 0 Å². The van der Waals surface area contributed by atoms with Gasteiger partial charge in [0.2, 0.25) is 0 Å². The number of hydrogen-bond donors (Lipinski definition) is 2. The van der Waals surface area contributed by atoms with E-state index < -0.39 is 0 Å². The SMILES string of the molecule is CC[C@@H](NC(=O)c1cc(C(=O)N[C@H](C)C2CC2)n2c1CCCC2)c1ccccc1. The fraction of sp³-hybridized carbons (Fsp3) is 0.500. The molecule has 2 aromatic rings. The van der Waals surface area contributed by atoms with Crippen LogP contribution < -0.4 is 10.6 Å². The Labute approximate surface area is 172 Å². The fourth-order valence-electron chi connectivity index (χ4n) is 4.40. The number of fused-ring (bicyclic) bond motifs is 1. The molecule has 5 nitrogen and oxygen atoms in total. The zero-order valence-electron chi connectivity index (χ0n) is 17.4. The highest BCUT2D eigenvalue weighted by atomic mass is 16.2. The van der Waals surface area contributed by atoms with Crippen molar-refractivity contribution in [2.75, 3.05) is 0 Å². The first-order valence-corrected chi connectivity index (χ1v) is 11.0. The van der Waals surface area contributed by atoms with E-state index in [9.17, 15) is 9.59 Å². The quantitative estimate of drug-likeness (QED) is 0.739. The number of amides is 2. The summed E-state index contributed by atoms with van der Waals surface area (Å²) >= 11 is 0. The summed E-state index contributed by atoms with van der Waals surface area (Å²) in [6, 6.07) is 12.0. The van der Waals surface area contributed by atoms with Crippen molar-refractivity contribution in [3.63, 3.8) is 0 Å². The number of carbonyl (C=O) groups excluding carboxylic acids is 2. The molecule has 1 aliphatic carbocycles. The lowest BCUT2D eigenvalue weighted by Crippen LogP contribution is -2.35. The second kappa shape index (κ2) is 8.44. The highest BCUT2D eigenvalue weighted by Crippen LogP contribution is 2.32. The number of nitrogens with one attached hydrogen (secondary N) is 2. The molecule has 1 fully saturated rings. The van der Waals surface area contributed by atoms with Crippen LogP contribution in [0.15, 0.2) is 36.4 Å². The Hall–Kier alpha value is -2.56. The third-order valence-corrected chi connectivity index (χ3v) is 6.33. The van der Waals surface area contributed by atoms with Gasteiger partial charge in [0.15, 0.2) is 0 Å². The molecule has 29 heavy (non-hydrogen) atoms. The third-order valence-electron chi connectivity index (χ3n) is 6.33. The molecule has 2 N–H and O–H groups in total. The zero-order chi connectivity index (χ0) is 20.4. The molecule has 0 bridgehead atoms. The van der Waals surface area contributed by atoms with Crippen LogP contribution in [0, 0.1) is 5.92 Å². The van der Waals surface area contributed by atoms with E-state index in [4.69, 9.17) is 0 Å². The predicted octanol–water partition coefficient (Wildman–Crippen LogP) is 4.23. The van der Waals surface area contributed by atoms with Crippen LogP contribution in [0.4, 0.5) is 0 Å². The van der Waals surface area contributed by atoms with Crippen molar-refractivity contribution in [1.29, 1.82) is 0 Å². The number of nitrogens with zero attached hydrogens (tertiary/aromatic N) is 1. The molecule has 5 heteroatoms. The summed E-state index contributed by atoms with van der Waals surface area (Å²) in [6.07, 6.45) is 6.15. The van der Waals surface area contributed by atoms with Crippen LogP contribution in [0.5, 0.6) is 0 Å². The Morgan fingerprint density at radius 1 is 1.10 bits per heavy atom. The maximum Gasteiger partial charge on any atom is 0.268 e. The van der Waals surface area contributed by atoms with Gasteiger partial charge in [0.25, 0.3) is 11.8 Å². The predicted molar refractivity (Wildman–Crippen MR) is 114 cm³/mol. The number of rotatable bonds is 7. The molecular formula is C24H31N3O2. The van der Waals surface area contributed by atoms with Crippen molar-refractivity contribution in [1.82, 2.24) is 15.2 Å². The van der Waals surface area contributed by atoms with Crippen LogP contribution in [0.3, 0.4) is 0 Å². The summed E-state index contributed by atoms with van der Waals surface area (Å²) in [5.74, 6) is 0.469. The van der Waals surface area contributed by atoms with E-state index in [0.717, 1.165) is 43.5 Å². The Balaban J connectivity index is 1.57. The summed E-state index contributed by atoms with van der Waals surface area (Å²) in [5, 5.41) is 6.33. The van der Waals surface area contributed by atoms with Crippen molar-refractivity contribution < 1.29 is 9.59 Å². The second-order valence-corrected chi connectivity index (χ2v) is 8.44. The van der Waals surface area contributed by atoms with Gasteiger partial charge in [-0.1, -0.05) is 37.3 Å². The van der Waals surface area contributed by atoms with Crippen molar-refractivity contribution in [2.24, 2.45) is 5.92 Å². The van der Waals surface area contributed by atoms with Crippen molar-refractivity contribution in [2.45, 2.75) is 71.0 Å². The largest absolute Gasteiger partial charge is 0.348 e. The minimum Gasteiger partial charge on any atom is -0.348 e. The summed E-state index contributed by atoms with van der Waals surface area (Å²) in [5.41, 5.74) is 3.39. The van der Waals surface area contributed by atoms with E-state index >= 15 is 0 Å². The fourth-order valence-corrected chi connectivity index (χ4v) is 4.40. The van der Waals surface area contributed by atoms with Gasteiger partial charge in [-0.2, -0.15) is 0 Å². The number of aromatic nitrogens is 1. The summed E-state index contributed by atoms with van der Waals surface area (Å²) in [4.78, 5) is 26.1. The van der Waals surface area contributed by atoms with Crippen LogP contribution in [-0.4, -0.2) is 22.4 Å². The summed E-state index contributed by atoms with van der Waals surface area (Å²) in [7, 11) is 0. The van der Waals surface area contributed by atoms with E-state index in [1.165, 1.54) is 12.8 Å². The maximum atomic E-state index is 13.2. The normalized spacial score (nSPS) is 17.9. The molecule has 0 saturated heterocycles. The molecule has 2 aliphatic rings. The van der Waals surface area contributed by atoms with E-state index in [1.54, 1.807) is 0 Å². The topological polar surface area (TPSA) is 63.1 Å². The molecule has 1 aromatic heterocycles. The smallest absolute Gasteiger partial charge is 0.268 e. The van der Waals surface area contributed by atoms with Gasteiger partial charge in [-0.3, -0.25) is 9.59 Å². The minimum atomic E-state index is -0.0827. The molecule has 2 atom stereocenters. The van der Waals surface area contributed by atoms with Gasteiger partial charge in [-0.25, -0.2) is 0 Å². The van der Waals surface area contributed by atoms with Gasteiger partial charge in [0.05, 0.1) is 11.6 Å². The van der Waals surface area contributed by atoms with E-state index in [1.807, 2.05) is 36.4 Å². The van der Waals surface area contributed by atoms with Gasteiger partial charge in [0, 0.05) is 18.3 Å². The Bertz CT molecular complexity index is 883. The highest BCUT2D eigenvalue weighted by molar-refractivity contribution is 6.01. The Morgan fingerprint density at radius 2 is 1.86 bits per heavy atom. The summed E-state index contributed by atoms with van der Waals surface area (Å²) < 4.78 is 2.07. The number of benzene rings is 1. The molecule has 1 aromatic carbocycles. The molecule has 0 spiro atoms. The molecule has 154 valence electrons. The van der Waals surface area contributed by atoms with E-state index in [0.29, 0.717) is 17.2 Å². The minimum absolute atomic E-state index is 0.0324. The maximum absolute atomic E-state index is 13.2. The van der Waals surface area contributed by atoms with Gasteiger partial charge in [-0.15, -0.1) is 0 Å². The van der Waals surface area contributed by atoms with Crippen LogP contribution in [-0.2, 0) is 13.0 Å². The van der Waals surface area contributed by atoms with Crippen LogP contribution in [0.25, 0.3) is 0 Å². The molecule has 2 amide bonds. The average Bonchev–Trinajstić information content (AvgIpc) is 3.53. The van der Waals surface area contributed by atoms with Crippen LogP contribution in [0.2, 0.25) is 0 Å². The van der Waals surface area contributed by atoms with Gasteiger partial charge in [-0.05, 0) is 63.0 Å². The number of carbonyl (C=O) groups is 2. The first-order chi connectivity index (χ1) is 14.1. The molecule has 0 radical (unpaired) electrons.